The minimum Gasteiger partial charge on any atom is -0.351 e. The fourth-order valence-corrected chi connectivity index (χ4v) is 3.42. The van der Waals surface area contributed by atoms with Gasteiger partial charge in [-0.05, 0) is 57.5 Å². The molecule has 25 heavy (non-hydrogen) atoms. The molecule has 7 heteroatoms. The lowest BCUT2D eigenvalue weighted by Crippen LogP contribution is -2.55. The monoisotopic (exact) mass is 346 g/mol. The summed E-state index contributed by atoms with van der Waals surface area (Å²) in [6.45, 7) is 2.74. The van der Waals surface area contributed by atoms with Crippen LogP contribution in [0, 0.1) is 12.7 Å². The van der Waals surface area contributed by atoms with E-state index in [1.54, 1.807) is 19.1 Å². The zero-order valence-electron chi connectivity index (χ0n) is 14.5. The fourth-order valence-electron chi connectivity index (χ4n) is 3.42. The number of likely N-dealkylation sites (N-methyl/N-ethyl adjacent to an activating group) is 1. The van der Waals surface area contributed by atoms with Crippen molar-refractivity contribution < 1.29 is 13.8 Å². The van der Waals surface area contributed by atoms with Gasteiger partial charge in [-0.1, -0.05) is 22.4 Å². The third-order valence-corrected chi connectivity index (χ3v) is 4.81. The van der Waals surface area contributed by atoms with Crippen LogP contribution >= 0.6 is 0 Å². The molecule has 1 saturated heterocycles. The van der Waals surface area contributed by atoms with Crippen LogP contribution in [0.5, 0.6) is 0 Å². The molecular weight excluding hydrogens is 323 g/mol. The number of nitrogens with one attached hydrogen (secondary N) is 1. The maximum absolute atomic E-state index is 13.5. The van der Waals surface area contributed by atoms with Crippen LogP contribution in [0.3, 0.4) is 0 Å². The summed E-state index contributed by atoms with van der Waals surface area (Å²) >= 11 is 0. The second-order valence-electron chi connectivity index (χ2n) is 6.67. The van der Waals surface area contributed by atoms with Gasteiger partial charge in [-0.25, -0.2) is 9.02 Å². The molecule has 1 amide bonds. The molecule has 1 N–H and O–H groups in total. The van der Waals surface area contributed by atoms with Crippen molar-refractivity contribution in [3.05, 3.63) is 47.0 Å². The van der Waals surface area contributed by atoms with Crippen LogP contribution in [0.1, 0.15) is 29.8 Å². The average Bonchev–Trinajstić information content (AvgIpc) is 2.96. The number of amides is 1. The summed E-state index contributed by atoms with van der Waals surface area (Å²) in [5, 5.41) is 10.6. The van der Waals surface area contributed by atoms with E-state index in [0.29, 0.717) is 17.8 Å². The van der Waals surface area contributed by atoms with Crippen LogP contribution in [0.25, 0.3) is 0 Å². The molecule has 0 spiro atoms. The normalized spacial score (nSPS) is 21.2. The van der Waals surface area contributed by atoms with Gasteiger partial charge in [0.05, 0.1) is 6.42 Å². The summed E-state index contributed by atoms with van der Waals surface area (Å²) in [7, 11) is 2.05. The zero-order valence-corrected chi connectivity index (χ0v) is 14.5. The van der Waals surface area contributed by atoms with E-state index in [1.165, 1.54) is 6.07 Å². The predicted octanol–water partition coefficient (Wildman–Crippen LogP) is 1.88. The van der Waals surface area contributed by atoms with Crippen molar-refractivity contribution in [2.45, 2.75) is 44.7 Å². The molecule has 1 aromatic heterocycles. The van der Waals surface area contributed by atoms with Crippen molar-refractivity contribution in [2.75, 3.05) is 13.6 Å². The second-order valence-corrected chi connectivity index (χ2v) is 6.67. The van der Waals surface area contributed by atoms with Gasteiger partial charge in [0.1, 0.15) is 17.2 Å². The number of carbonyl (C=O) groups is 1. The van der Waals surface area contributed by atoms with E-state index in [1.807, 2.05) is 13.1 Å². The Balaban J connectivity index is 1.67. The van der Waals surface area contributed by atoms with Gasteiger partial charge in [-0.3, -0.25) is 4.79 Å². The molecule has 0 aliphatic carbocycles. The molecular formula is C18H23FN4O2. The Morgan fingerprint density at radius 2 is 2.28 bits per heavy atom. The summed E-state index contributed by atoms with van der Waals surface area (Å²) in [5.74, 6) is -0.325. The predicted molar refractivity (Wildman–Crippen MR) is 90.4 cm³/mol. The first-order valence-electron chi connectivity index (χ1n) is 8.55. The molecule has 2 atom stereocenters. The smallest absolute Gasteiger partial charge is 0.226 e. The highest BCUT2D eigenvalue weighted by atomic mass is 19.1. The first-order chi connectivity index (χ1) is 12.0. The van der Waals surface area contributed by atoms with E-state index >= 15 is 0 Å². The van der Waals surface area contributed by atoms with Gasteiger partial charge < -0.3 is 10.2 Å². The van der Waals surface area contributed by atoms with Crippen LogP contribution < -0.4 is 5.32 Å². The number of aromatic nitrogens is 2. The van der Waals surface area contributed by atoms with Crippen molar-refractivity contribution in [1.29, 1.82) is 0 Å². The maximum atomic E-state index is 13.5. The summed E-state index contributed by atoms with van der Waals surface area (Å²) < 4.78 is 18.1. The van der Waals surface area contributed by atoms with Gasteiger partial charge >= 0.3 is 0 Å². The Kier molecular flexibility index (Phi) is 5.43. The van der Waals surface area contributed by atoms with E-state index in [2.05, 4.69) is 25.2 Å². The third-order valence-electron chi connectivity index (χ3n) is 4.81. The van der Waals surface area contributed by atoms with Crippen molar-refractivity contribution in [3.63, 3.8) is 0 Å². The molecule has 6 nitrogen and oxygen atoms in total. The lowest BCUT2D eigenvalue weighted by molar-refractivity contribution is -0.122. The Morgan fingerprint density at radius 3 is 3.00 bits per heavy atom. The SMILES string of the molecule is Cc1nonc1CC(=O)N[C@H]1CCCN(C)[C@H]1Cc1cccc(F)c1. The lowest BCUT2D eigenvalue weighted by atomic mass is 9.91. The number of piperidine rings is 1. The highest BCUT2D eigenvalue weighted by Crippen LogP contribution is 2.21. The van der Waals surface area contributed by atoms with Gasteiger partial charge in [0.25, 0.3) is 0 Å². The summed E-state index contributed by atoms with van der Waals surface area (Å²) in [4.78, 5) is 14.6. The van der Waals surface area contributed by atoms with Crippen LogP contribution in [-0.2, 0) is 17.6 Å². The fraction of sp³-hybridized carbons (Fsp3) is 0.500. The van der Waals surface area contributed by atoms with Gasteiger partial charge in [0, 0.05) is 12.1 Å². The van der Waals surface area contributed by atoms with Crippen molar-refractivity contribution in [1.82, 2.24) is 20.5 Å². The number of nitrogens with zero attached hydrogens (tertiary/aromatic N) is 3. The zero-order chi connectivity index (χ0) is 17.8. The highest BCUT2D eigenvalue weighted by Gasteiger charge is 2.30. The van der Waals surface area contributed by atoms with Crippen LogP contribution in [0.2, 0.25) is 0 Å². The average molecular weight is 346 g/mol. The Labute approximate surface area is 146 Å². The molecule has 3 rings (SSSR count). The molecule has 134 valence electrons. The van der Waals surface area contributed by atoms with Crippen molar-refractivity contribution >= 4 is 5.91 Å². The molecule has 0 unspecified atom stereocenters. The first-order valence-corrected chi connectivity index (χ1v) is 8.55. The summed E-state index contributed by atoms with van der Waals surface area (Å²) in [6, 6.07) is 6.81. The van der Waals surface area contributed by atoms with Gasteiger partial charge in [-0.15, -0.1) is 0 Å². The molecule has 2 aromatic rings. The van der Waals surface area contributed by atoms with Gasteiger partial charge in [-0.2, -0.15) is 0 Å². The van der Waals surface area contributed by atoms with Crippen molar-refractivity contribution in [3.8, 4) is 0 Å². The summed E-state index contributed by atoms with van der Waals surface area (Å²) in [5.41, 5.74) is 2.13. The number of hydrogen-bond donors (Lipinski definition) is 1. The summed E-state index contributed by atoms with van der Waals surface area (Å²) in [6.07, 6.45) is 2.78. The Morgan fingerprint density at radius 1 is 1.44 bits per heavy atom. The molecule has 2 heterocycles. The molecule has 0 bridgehead atoms. The molecule has 1 fully saturated rings. The standard InChI is InChI=1S/C18H23FN4O2/c1-12-16(22-25-21-12)11-18(24)20-15-7-4-8-23(2)17(15)10-13-5-3-6-14(19)9-13/h3,5-6,9,15,17H,4,7-8,10-11H2,1-2H3,(H,20,24)/t15-,17-/m0/s1. The first kappa shape index (κ1) is 17.5. The number of benzene rings is 1. The number of likely N-dealkylation sites (tertiary alicyclic amines) is 1. The molecule has 0 saturated carbocycles. The number of rotatable bonds is 5. The van der Waals surface area contributed by atoms with E-state index in [-0.39, 0.29) is 30.2 Å². The minimum atomic E-state index is -0.231. The Hall–Kier alpha value is -2.28. The van der Waals surface area contributed by atoms with E-state index in [0.717, 1.165) is 24.9 Å². The quantitative estimate of drug-likeness (QED) is 0.895. The number of carbonyl (C=O) groups excluding carboxylic acids is 1. The van der Waals surface area contributed by atoms with Crippen LogP contribution in [0.4, 0.5) is 4.39 Å². The minimum absolute atomic E-state index is 0.0229. The van der Waals surface area contributed by atoms with Crippen LogP contribution in [-0.4, -0.2) is 46.8 Å². The number of aryl methyl sites for hydroxylation is 1. The number of hydrogen-bond acceptors (Lipinski definition) is 5. The topological polar surface area (TPSA) is 71.3 Å². The maximum Gasteiger partial charge on any atom is 0.226 e. The molecule has 1 aromatic carbocycles. The van der Waals surface area contributed by atoms with Gasteiger partial charge in [0.2, 0.25) is 5.91 Å². The number of halogens is 1. The second kappa shape index (κ2) is 7.74. The van der Waals surface area contributed by atoms with E-state index in [9.17, 15) is 9.18 Å². The highest BCUT2D eigenvalue weighted by molar-refractivity contribution is 5.78. The largest absolute Gasteiger partial charge is 0.351 e. The van der Waals surface area contributed by atoms with E-state index < -0.39 is 0 Å². The van der Waals surface area contributed by atoms with Crippen molar-refractivity contribution in [2.24, 2.45) is 0 Å². The lowest BCUT2D eigenvalue weighted by Gasteiger charge is -2.39. The van der Waals surface area contributed by atoms with Crippen LogP contribution in [0.15, 0.2) is 28.9 Å². The Bertz CT molecular complexity index is 733. The van der Waals surface area contributed by atoms with Gasteiger partial charge in [0.15, 0.2) is 0 Å². The molecule has 1 aliphatic heterocycles. The molecule has 0 radical (unpaired) electrons. The third kappa shape index (κ3) is 4.42. The van der Waals surface area contributed by atoms with E-state index in [4.69, 9.17) is 0 Å². The molecule has 1 aliphatic rings.